The number of nitrogens with one attached hydrogen (secondary N) is 1. The first-order valence-corrected chi connectivity index (χ1v) is 11.5. The van der Waals surface area contributed by atoms with E-state index in [-0.39, 0.29) is 47.3 Å². The van der Waals surface area contributed by atoms with E-state index in [2.05, 4.69) is 32.1 Å². The van der Waals surface area contributed by atoms with Crippen LogP contribution < -0.4 is 11.1 Å². The average Bonchev–Trinajstić information content (AvgIpc) is 3.74. The van der Waals surface area contributed by atoms with E-state index in [0.717, 1.165) is 25.7 Å². The lowest BCUT2D eigenvalue weighted by molar-refractivity contribution is -0.137. The fraction of sp³-hybridized carbons (Fsp3) is 0.591. The van der Waals surface area contributed by atoms with Crippen molar-refractivity contribution >= 4 is 28.8 Å². The van der Waals surface area contributed by atoms with Crippen LogP contribution in [-0.2, 0) is 14.3 Å². The number of ether oxygens (including phenoxy) is 1. The van der Waals surface area contributed by atoms with Crippen LogP contribution in [0.3, 0.4) is 0 Å². The number of aliphatic hydroxyl groups excluding tert-OH is 2. The smallest absolute Gasteiger partial charge is 0.252 e. The molecular weight excluding hydrogens is 442 g/mol. The Bertz CT molecular complexity index is 1180. The predicted molar refractivity (Wildman–Crippen MR) is 119 cm³/mol. The average molecular weight is 470 g/mol. The van der Waals surface area contributed by atoms with Crippen molar-refractivity contribution in [3.8, 4) is 11.8 Å². The highest BCUT2D eigenvalue weighted by molar-refractivity contribution is 5.83. The normalized spacial score (nSPS) is 26.2. The monoisotopic (exact) mass is 469 g/mol. The molecule has 2 aliphatic carbocycles. The summed E-state index contributed by atoms with van der Waals surface area (Å²) in [5, 5.41) is 23.8. The second-order valence-electron chi connectivity index (χ2n) is 8.88. The minimum absolute atomic E-state index is 0.0527. The largest absolute Gasteiger partial charge is 0.387 e. The van der Waals surface area contributed by atoms with Crippen LogP contribution in [0.5, 0.6) is 0 Å². The van der Waals surface area contributed by atoms with Gasteiger partial charge in [-0.3, -0.25) is 14.2 Å². The van der Waals surface area contributed by atoms with E-state index in [1.165, 1.54) is 10.9 Å². The summed E-state index contributed by atoms with van der Waals surface area (Å²) in [7, 11) is 0. The van der Waals surface area contributed by atoms with Gasteiger partial charge < -0.3 is 30.9 Å². The molecule has 3 aliphatic rings. The molecule has 5 rings (SSSR count). The summed E-state index contributed by atoms with van der Waals surface area (Å²) < 4.78 is 7.13. The number of hydrogen-bond acceptors (Lipinski definition) is 9. The molecule has 2 aromatic rings. The Kier molecular flexibility index (Phi) is 5.85. The maximum Gasteiger partial charge on any atom is 0.252 e. The summed E-state index contributed by atoms with van der Waals surface area (Å²) >= 11 is 0. The number of rotatable bonds is 6. The standard InChI is InChI=1S/C22H27N7O5/c1-2-14(30)28(12-7-8-12)9-3-4-13-26-19(23)15-20(27-13)29(10-24-15)22-17(32)16(31)18(34-22)21(33)25-11-5-6-11/h10-12,16-18,22,31-32H,2,5-9H2,1H3,(H,25,33)(H2,23,26,27)/t16?,17-,18-,22+/m0/s1. The van der Waals surface area contributed by atoms with E-state index in [1.54, 1.807) is 4.90 Å². The molecule has 0 spiro atoms. The maximum absolute atomic E-state index is 12.4. The van der Waals surface area contributed by atoms with Crippen LogP contribution in [0.15, 0.2) is 6.33 Å². The zero-order valence-corrected chi connectivity index (χ0v) is 18.7. The summed E-state index contributed by atoms with van der Waals surface area (Å²) in [6, 6.07) is 0.333. The van der Waals surface area contributed by atoms with Crippen molar-refractivity contribution in [2.45, 2.75) is 75.7 Å². The third kappa shape index (κ3) is 4.29. The van der Waals surface area contributed by atoms with Gasteiger partial charge in [0, 0.05) is 18.5 Å². The van der Waals surface area contributed by atoms with Crippen molar-refractivity contribution in [1.82, 2.24) is 29.7 Å². The molecule has 1 aliphatic heterocycles. The number of aliphatic hydroxyl groups is 2. The maximum atomic E-state index is 12.4. The van der Waals surface area contributed by atoms with Gasteiger partial charge in [-0.05, 0) is 31.6 Å². The summed E-state index contributed by atoms with van der Waals surface area (Å²) in [6.45, 7) is 2.09. The molecular formula is C22H27N7O5. The molecule has 0 bridgehead atoms. The lowest BCUT2D eigenvalue weighted by Gasteiger charge is -2.18. The molecule has 0 aromatic carbocycles. The third-order valence-electron chi connectivity index (χ3n) is 6.20. The lowest BCUT2D eigenvalue weighted by atomic mass is 10.1. The van der Waals surface area contributed by atoms with E-state index >= 15 is 0 Å². The van der Waals surface area contributed by atoms with E-state index in [4.69, 9.17) is 10.5 Å². The first-order valence-electron chi connectivity index (χ1n) is 11.5. The number of carbonyl (C=O) groups excluding carboxylic acids is 2. The van der Waals surface area contributed by atoms with E-state index < -0.39 is 30.4 Å². The number of aromatic nitrogens is 4. The molecule has 3 fully saturated rings. The van der Waals surface area contributed by atoms with Crippen molar-refractivity contribution in [1.29, 1.82) is 0 Å². The van der Waals surface area contributed by atoms with Gasteiger partial charge in [-0.25, -0.2) is 15.0 Å². The second kappa shape index (κ2) is 8.83. The number of carbonyl (C=O) groups is 2. The molecule has 1 saturated heterocycles. The van der Waals surface area contributed by atoms with Crippen molar-refractivity contribution in [2.24, 2.45) is 0 Å². The molecule has 0 radical (unpaired) electrons. The van der Waals surface area contributed by atoms with Crippen molar-refractivity contribution in [3.63, 3.8) is 0 Å². The Balaban J connectivity index is 1.38. The van der Waals surface area contributed by atoms with Gasteiger partial charge >= 0.3 is 0 Å². The number of hydrogen-bond donors (Lipinski definition) is 4. The molecule has 12 nitrogen and oxygen atoms in total. The SMILES string of the molecule is CCC(=O)N(CC#Cc1nc(N)c2ncn([C@@H]3O[C@H](C(=O)NC4CC4)C(O)[C@@H]3O)c2n1)C1CC1. The molecule has 5 N–H and O–H groups in total. The van der Waals surface area contributed by atoms with Gasteiger partial charge in [0.05, 0.1) is 12.9 Å². The van der Waals surface area contributed by atoms with E-state index in [9.17, 15) is 19.8 Å². The molecule has 12 heteroatoms. The fourth-order valence-corrected chi connectivity index (χ4v) is 4.01. The highest BCUT2D eigenvalue weighted by Gasteiger charge is 2.48. The number of anilines is 1. The Labute approximate surface area is 195 Å². The molecule has 2 saturated carbocycles. The van der Waals surface area contributed by atoms with E-state index in [1.807, 2.05) is 6.92 Å². The van der Waals surface area contributed by atoms with Gasteiger partial charge in [-0.1, -0.05) is 12.8 Å². The molecule has 180 valence electrons. The van der Waals surface area contributed by atoms with Gasteiger partial charge in [0.1, 0.15) is 17.7 Å². The zero-order valence-electron chi connectivity index (χ0n) is 18.7. The van der Waals surface area contributed by atoms with Crippen LogP contribution in [0.25, 0.3) is 11.2 Å². The first-order chi connectivity index (χ1) is 16.4. The number of imidazole rings is 1. The topological polar surface area (TPSA) is 169 Å². The van der Waals surface area contributed by atoms with Crippen molar-refractivity contribution < 1.29 is 24.5 Å². The van der Waals surface area contributed by atoms with Gasteiger partial charge in [-0.2, -0.15) is 0 Å². The van der Waals surface area contributed by atoms with Crippen LogP contribution in [-0.4, -0.2) is 83.4 Å². The number of nitrogens with two attached hydrogens (primary N) is 1. The Hall–Kier alpha value is -3.27. The number of nitrogen functional groups attached to an aromatic ring is 1. The third-order valence-corrected chi connectivity index (χ3v) is 6.20. The molecule has 2 aromatic heterocycles. The summed E-state index contributed by atoms with van der Waals surface area (Å²) in [5.41, 5.74) is 6.58. The number of nitrogens with zero attached hydrogens (tertiary/aromatic N) is 5. The van der Waals surface area contributed by atoms with Crippen LogP contribution in [0.2, 0.25) is 0 Å². The lowest BCUT2D eigenvalue weighted by Crippen LogP contribution is -2.43. The summed E-state index contributed by atoms with van der Waals surface area (Å²) in [5.74, 6) is 5.60. The minimum Gasteiger partial charge on any atom is -0.387 e. The summed E-state index contributed by atoms with van der Waals surface area (Å²) in [6.07, 6.45) is 0.406. The van der Waals surface area contributed by atoms with Gasteiger partial charge in [0.25, 0.3) is 5.91 Å². The number of amides is 2. The Morgan fingerprint density at radius 2 is 2.03 bits per heavy atom. The molecule has 34 heavy (non-hydrogen) atoms. The Morgan fingerprint density at radius 3 is 2.71 bits per heavy atom. The first kappa shape index (κ1) is 22.5. The van der Waals surface area contributed by atoms with Gasteiger partial charge in [0.15, 0.2) is 23.8 Å². The van der Waals surface area contributed by atoms with Gasteiger partial charge in [0.2, 0.25) is 11.7 Å². The summed E-state index contributed by atoms with van der Waals surface area (Å²) in [4.78, 5) is 39.1. The highest BCUT2D eigenvalue weighted by Crippen LogP contribution is 2.33. The van der Waals surface area contributed by atoms with Gasteiger partial charge in [-0.15, -0.1) is 0 Å². The van der Waals surface area contributed by atoms with Crippen LogP contribution in [0.1, 0.15) is 51.1 Å². The van der Waals surface area contributed by atoms with E-state index in [0.29, 0.717) is 6.42 Å². The molecule has 2 amide bonds. The zero-order chi connectivity index (χ0) is 24.0. The second-order valence-corrected chi connectivity index (χ2v) is 8.88. The number of fused-ring (bicyclic) bond motifs is 1. The highest BCUT2D eigenvalue weighted by atomic mass is 16.6. The van der Waals surface area contributed by atoms with Crippen LogP contribution in [0, 0.1) is 11.8 Å². The minimum atomic E-state index is -1.41. The quantitative estimate of drug-likeness (QED) is 0.390. The van der Waals surface area contributed by atoms with Crippen molar-refractivity contribution in [2.75, 3.05) is 12.3 Å². The fourth-order valence-electron chi connectivity index (χ4n) is 4.01. The van der Waals surface area contributed by atoms with Crippen LogP contribution in [0.4, 0.5) is 5.82 Å². The molecule has 3 heterocycles. The molecule has 4 atom stereocenters. The Morgan fingerprint density at radius 1 is 1.26 bits per heavy atom. The predicted octanol–water partition coefficient (Wildman–Crippen LogP) is -0.941. The van der Waals surface area contributed by atoms with Crippen LogP contribution >= 0.6 is 0 Å². The molecule has 1 unspecified atom stereocenters. The van der Waals surface area contributed by atoms with Crippen molar-refractivity contribution in [3.05, 3.63) is 12.2 Å².